The number of rotatable bonds is 3. The van der Waals surface area contributed by atoms with E-state index >= 15 is 0 Å². The minimum absolute atomic E-state index is 0.0192. The zero-order chi connectivity index (χ0) is 18.4. The van der Waals surface area contributed by atoms with Crippen LogP contribution in [0.4, 0.5) is 26.3 Å². The Morgan fingerprint density at radius 3 is 1.26 bits per heavy atom. The molecule has 4 atom stereocenters. The normalized spacial score (nSPS) is 32.5. The third kappa shape index (κ3) is 3.95. The lowest BCUT2D eigenvalue weighted by Crippen LogP contribution is -2.56. The Kier molecular flexibility index (Phi) is 5.44. The van der Waals surface area contributed by atoms with E-state index in [1.807, 2.05) is 0 Å². The Morgan fingerprint density at radius 1 is 0.739 bits per heavy atom. The molecule has 1 fully saturated rings. The van der Waals surface area contributed by atoms with Crippen LogP contribution in [0.1, 0.15) is 47.0 Å². The molecule has 1 aliphatic rings. The highest BCUT2D eigenvalue weighted by molar-refractivity contribution is 5.00. The summed E-state index contributed by atoms with van der Waals surface area (Å²) in [5, 5.41) is 19.7. The standard InChI is InChI=1S/C15H24F6O2/c1-8(2)9-5-10(12(3,22)14(16,17)18)7-11(6-9)13(4,23)15(19,20)21/h8-11,22-23H,5-7H2,1-4H3. The zero-order valence-corrected chi connectivity index (χ0v) is 13.6. The summed E-state index contributed by atoms with van der Waals surface area (Å²) in [6, 6.07) is 0. The number of hydrogen-bond donors (Lipinski definition) is 2. The molecule has 138 valence electrons. The molecule has 0 saturated heterocycles. The van der Waals surface area contributed by atoms with E-state index in [1.165, 1.54) is 0 Å². The third-order valence-corrected chi connectivity index (χ3v) is 5.42. The van der Waals surface area contributed by atoms with Crippen LogP contribution in [0.2, 0.25) is 0 Å². The van der Waals surface area contributed by atoms with E-state index in [2.05, 4.69) is 0 Å². The Labute approximate surface area is 131 Å². The maximum atomic E-state index is 13.1. The highest BCUT2D eigenvalue weighted by atomic mass is 19.4. The Hall–Kier alpha value is -0.500. The van der Waals surface area contributed by atoms with Crippen LogP contribution in [0.5, 0.6) is 0 Å². The summed E-state index contributed by atoms with van der Waals surface area (Å²) in [4.78, 5) is 0. The molecule has 1 saturated carbocycles. The molecule has 1 rings (SSSR count). The fourth-order valence-corrected chi connectivity index (χ4v) is 3.29. The summed E-state index contributed by atoms with van der Waals surface area (Å²) >= 11 is 0. The van der Waals surface area contributed by atoms with Crippen molar-refractivity contribution in [3.63, 3.8) is 0 Å². The van der Waals surface area contributed by atoms with Crippen molar-refractivity contribution in [3.8, 4) is 0 Å². The van der Waals surface area contributed by atoms with Gasteiger partial charge in [0.25, 0.3) is 0 Å². The first-order chi connectivity index (χ1) is 10.0. The molecule has 0 aromatic heterocycles. The van der Waals surface area contributed by atoms with Gasteiger partial charge in [-0.05, 0) is 56.8 Å². The molecule has 0 aromatic carbocycles. The summed E-state index contributed by atoms with van der Waals surface area (Å²) in [5.41, 5.74) is -6.17. The largest absolute Gasteiger partial charge is 0.417 e. The molecule has 0 heterocycles. The van der Waals surface area contributed by atoms with Crippen LogP contribution < -0.4 is 0 Å². The first-order valence-electron chi connectivity index (χ1n) is 7.60. The molecule has 0 bridgehead atoms. The first-order valence-corrected chi connectivity index (χ1v) is 7.60. The predicted octanol–water partition coefficient (Wildman–Crippen LogP) is 4.30. The summed E-state index contributed by atoms with van der Waals surface area (Å²) < 4.78 is 78.4. The molecule has 0 radical (unpaired) electrons. The predicted molar refractivity (Wildman–Crippen MR) is 72.5 cm³/mol. The van der Waals surface area contributed by atoms with Crippen molar-refractivity contribution in [3.05, 3.63) is 0 Å². The highest BCUT2D eigenvalue weighted by Gasteiger charge is 2.61. The van der Waals surface area contributed by atoms with Gasteiger partial charge in [0.05, 0.1) is 0 Å². The second-order valence-corrected chi connectivity index (χ2v) is 7.40. The second kappa shape index (κ2) is 6.10. The lowest BCUT2D eigenvalue weighted by atomic mass is 9.62. The van der Waals surface area contributed by atoms with Gasteiger partial charge in [0, 0.05) is 0 Å². The van der Waals surface area contributed by atoms with E-state index in [0.717, 1.165) is 0 Å². The van der Waals surface area contributed by atoms with Gasteiger partial charge >= 0.3 is 12.4 Å². The van der Waals surface area contributed by atoms with Crippen LogP contribution >= 0.6 is 0 Å². The van der Waals surface area contributed by atoms with Crippen LogP contribution in [0.3, 0.4) is 0 Å². The molecular formula is C15H24F6O2. The van der Waals surface area contributed by atoms with Crippen LogP contribution in [0, 0.1) is 23.7 Å². The van der Waals surface area contributed by atoms with Gasteiger partial charge in [-0.2, -0.15) is 26.3 Å². The number of hydrogen-bond acceptors (Lipinski definition) is 2. The Bertz CT molecular complexity index is 377. The molecule has 2 nitrogen and oxygen atoms in total. The van der Waals surface area contributed by atoms with Gasteiger partial charge in [-0.3, -0.25) is 0 Å². The van der Waals surface area contributed by atoms with Gasteiger partial charge in [0.1, 0.15) is 0 Å². The number of halogens is 6. The Morgan fingerprint density at radius 2 is 1.04 bits per heavy atom. The van der Waals surface area contributed by atoms with Gasteiger partial charge in [0.2, 0.25) is 0 Å². The monoisotopic (exact) mass is 350 g/mol. The summed E-state index contributed by atoms with van der Waals surface area (Å²) in [6.07, 6.45) is -10.4. The van der Waals surface area contributed by atoms with Crippen molar-refractivity contribution in [1.82, 2.24) is 0 Å². The molecule has 23 heavy (non-hydrogen) atoms. The van der Waals surface area contributed by atoms with Crippen molar-refractivity contribution in [2.75, 3.05) is 0 Å². The SMILES string of the molecule is CC(C)C1CC(C(C)(O)C(F)(F)F)CC(C(C)(O)C(F)(F)F)C1. The van der Waals surface area contributed by atoms with Gasteiger partial charge in [0.15, 0.2) is 11.2 Å². The van der Waals surface area contributed by atoms with Crippen LogP contribution in [0.25, 0.3) is 0 Å². The van der Waals surface area contributed by atoms with Crippen LogP contribution in [-0.4, -0.2) is 33.8 Å². The van der Waals surface area contributed by atoms with Crippen molar-refractivity contribution < 1.29 is 36.6 Å². The maximum Gasteiger partial charge on any atom is 0.417 e. The lowest BCUT2D eigenvalue weighted by Gasteiger charge is -2.47. The third-order valence-electron chi connectivity index (χ3n) is 5.42. The van der Waals surface area contributed by atoms with E-state index in [-0.39, 0.29) is 18.8 Å². The molecule has 0 spiro atoms. The first kappa shape index (κ1) is 20.5. The van der Waals surface area contributed by atoms with Gasteiger partial charge in [-0.1, -0.05) is 13.8 Å². The van der Waals surface area contributed by atoms with Gasteiger partial charge in [-0.25, -0.2) is 0 Å². The zero-order valence-electron chi connectivity index (χ0n) is 13.6. The number of alkyl halides is 6. The van der Waals surface area contributed by atoms with E-state index < -0.39 is 47.7 Å². The summed E-state index contributed by atoms with van der Waals surface area (Å²) in [7, 11) is 0. The minimum atomic E-state index is -4.94. The van der Waals surface area contributed by atoms with Crippen molar-refractivity contribution >= 4 is 0 Å². The molecule has 0 aromatic rings. The molecule has 1 aliphatic carbocycles. The fourth-order valence-electron chi connectivity index (χ4n) is 3.29. The summed E-state index contributed by atoms with van der Waals surface area (Å²) in [5.74, 6) is -3.35. The Balaban J connectivity index is 3.18. The van der Waals surface area contributed by atoms with E-state index in [1.54, 1.807) is 13.8 Å². The molecule has 0 amide bonds. The van der Waals surface area contributed by atoms with Gasteiger partial charge < -0.3 is 10.2 Å². The smallest absolute Gasteiger partial charge is 0.380 e. The summed E-state index contributed by atoms with van der Waals surface area (Å²) in [6.45, 7) is 4.63. The van der Waals surface area contributed by atoms with E-state index in [0.29, 0.717) is 13.8 Å². The topological polar surface area (TPSA) is 40.5 Å². The van der Waals surface area contributed by atoms with Crippen LogP contribution in [0.15, 0.2) is 0 Å². The maximum absolute atomic E-state index is 13.1. The molecule has 8 heteroatoms. The molecule has 0 aliphatic heterocycles. The number of aliphatic hydroxyl groups is 2. The fraction of sp³-hybridized carbons (Fsp3) is 1.00. The van der Waals surface area contributed by atoms with E-state index in [4.69, 9.17) is 0 Å². The molecule has 2 N–H and O–H groups in total. The molecular weight excluding hydrogens is 326 g/mol. The van der Waals surface area contributed by atoms with Gasteiger partial charge in [-0.15, -0.1) is 0 Å². The molecule has 4 unspecified atom stereocenters. The average molecular weight is 350 g/mol. The lowest BCUT2D eigenvalue weighted by molar-refractivity contribution is -0.298. The quantitative estimate of drug-likeness (QED) is 0.745. The second-order valence-electron chi connectivity index (χ2n) is 7.40. The van der Waals surface area contributed by atoms with Crippen molar-refractivity contribution in [1.29, 1.82) is 0 Å². The minimum Gasteiger partial charge on any atom is -0.380 e. The van der Waals surface area contributed by atoms with Crippen molar-refractivity contribution in [2.24, 2.45) is 23.7 Å². The van der Waals surface area contributed by atoms with Crippen molar-refractivity contribution in [2.45, 2.75) is 70.5 Å². The highest BCUT2D eigenvalue weighted by Crippen LogP contribution is 2.52. The van der Waals surface area contributed by atoms with Crippen LogP contribution in [-0.2, 0) is 0 Å². The van der Waals surface area contributed by atoms with E-state index in [9.17, 15) is 36.6 Å². The average Bonchev–Trinajstić information content (AvgIpc) is 2.35.